The van der Waals surface area contributed by atoms with Crippen LogP contribution in [0.15, 0.2) is 78.9 Å². The van der Waals surface area contributed by atoms with Crippen LogP contribution in [0.1, 0.15) is 6.92 Å². The molecule has 0 aliphatic carbocycles. The fourth-order valence-electron chi connectivity index (χ4n) is 2.52. The van der Waals surface area contributed by atoms with E-state index >= 15 is 0 Å². The Morgan fingerprint density at radius 1 is 0.789 bits per heavy atom. The normalized spacial score (nSPS) is 10.4. The molecule has 1 aliphatic heterocycles. The first-order chi connectivity index (χ1) is 17.7. The van der Waals surface area contributed by atoms with Gasteiger partial charge in [0, 0.05) is 41.4 Å². The molecule has 0 bridgehead atoms. The number of para-hydroxylation sites is 1. The zero-order chi connectivity index (χ0) is 28.9. The maximum absolute atomic E-state index is 13.3. The molecule has 0 fully saturated rings. The fourth-order valence-corrected chi connectivity index (χ4v) is 2.52. The zero-order valence-electron chi connectivity index (χ0n) is 19.3. The molecule has 11 nitrogen and oxygen atoms in total. The van der Waals surface area contributed by atoms with Gasteiger partial charge in [-0.3, -0.25) is 9.97 Å². The minimum absolute atomic E-state index is 0. The van der Waals surface area contributed by atoms with Crippen LogP contribution in [0, 0.1) is 41.8 Å². The van der Waals surface area contributed by atoms with Crippen LogP contribution in [0.5, 0.6) is 0 Å². The summed E-state index contributed by atoms with van der Waals surface area (Å²) < 4.78 is 83.2. The number of hydrogen-bond donors (Lipinski definition) is 1. The Bertz CT molecular complexity index is 1060. The van der Waals surface area contributed by atoms with Crippen molar-refractivity contribution in [2.75, 3.05) is 11.6 Å². The summed E-state index contributed by atoms with van der Waals surface area (Å²) >= 11 is 0. The second kappa shape index (κ2) is 22.8. The summed E-state index contributed by atoms with van der Waals surface area (Å²) in [7, 11) is -4.94. The van der Waals surface area contributed by atoms with Crippen LogP contribution in [0.25, 0.3) is 11.4 Å². The first kappa shape index (κ1) is 39.1. The minimum atomic E-state index is -4.94. The van der Waals surface area contributed by atoms with E-state index in [4.69, 9.17) is 32.6 Å². The third-order valence-electron chi connectivity index (χ3n) is 3.79. The summed E-state index contributed by atoms with van der Waals surface area (Å²) in [6, 6.07) is 15.5. The van der Waals surface area contributed by atoms with Gasteiger partial charge in [0.15, 0.2) is 0 Å². The Kier molecular flexibility index (Phi) is 23.4. The molecule has 3 heterocycles. The number of halogens is 3. The molecule has 0 saturated carbocycles. The summed E-state index contributed by atoms with van der Waals surface area (Å²) in [5, 5.41) is 2.91. The van der Waals surface area contributed by atoms with E-state index in [1.165, 1.54) is 18.2 Å². The van der Waals surface area contributed by atoms with E-state index in [1.54, 1.807) is 30.4 Å². The molecule has 1 aromatic carbocycles. The van der Waals surface area contributed by atoms with Crippen LogP contribution in [0.3, 0.4) is 0 Å². The predicted molar refractivity (Wildman–Crippen MR) is 110 cm³/mol. The zero-order valence-corrected chi connectivity index (χ0v) is 21.3. The predicted octanol–water partition coefficient (Wildman–Crippen LogP) is -0.534. The molecule has 38 heavy (non-hydrogen) atoms. The smallest absolute Gasteiger partial charge is 0.0886 e. The molecule has 0 saturated heterocycles. The maximum atomic E-state index is 13.3. The second-order valence-corrected chi connectivity index (χ2v) is 6.71. The Hall–Kier alpha value is -3.41. The van der Waals surface area contributed by atoms with Crippen molar-refractivity contribution in [3.63, 3.8) is 0 Å². The number of nitrogens with zero attached hydrogens (tertiary/aromatic N) is 3. The molecule has 2 aromatic heterocycles. The van der Waals surface area contributed by atoms with Crippen molar-refractivity contribution in [2.24, 2.45) is 0 Å². The molecule has 1 radical (unpaired) electrons. The van der Waals surface area contributed by atoms with Crippen molar-refractivity contribution >= 4 is 5.69 Å². The van der Waals surface area contributed by atoms with Crippen molar-refractivity contribution in [3.8, 4) is 11.4 Å². The maximum Gasteiger partial charge on any atom is 0.0886 e. The number of benzene rings is 1. The monoisotopic (exact) mass is 590 g/mol. The molecular weight excluding hydrogens is 573 g/mol. The van der Waals surface area contributed by atoms with E-state index in [-0.39, 0.29) is 22.8 Å². The number of anilines is 1. The molecule has 3 aromatic rings. The van der Waals surface area contributed by atoms with Crippen LogP contribution >= 0.6 is 0 Å². The number of nitrogens with one attached hydrogen (secondary N) is 1. The largest absolute Gasteiger partial charge is 0.255 e. The van der Waals surface area contributed by atoms with Gasteiger partial charge in [0.2, 0.25) is 0 Å². The molecule has 1 N–H and O–H groups in total. The molecule has 1 aliphatic rings. The summed E-state index contributed by atoms with van der Waals surface area (Å²) in [4.78, 5) is 9.93. The van der Waals surface area contributed by atoms with Gasteiger partial charge in [0.05, 0.1) is 18.1 Å². The van der Waals surface area contributed by atoms with Gasteiger partial charge >= 0.3 is 33.9 Å². The minimum Gasteiger partial charge on any atom is -0.255 e. The number of allylic oxidation sites excluding steroid dienone is 1. The third kappa shape index (κ3) is 16.4. The molecule has 0 amide bonds. The molecule has 0 spiro atoms. The van der Waals surface area contributed by atoms with Gasteiger partial charge in [0.25, 0.3) is 0 Å². The van der Waals surface area contributed by atoms with Crippen LogP contribution in [-0.2, 0) is 31.0 Å². The number of rotatable bonds is 2. The van der Waals surface area contributed by atoms with E-state index in [0.717, 1.165) is 17.1 Å². The van der Waals surface area contributed by atoms with Gasteiger partial charge in [-0.05, 0) is 43.3 Å². The van der Waals surface area contributed by atoms with E-state index in [2.05, 4.69) is 35.2 Å². The topological polar surface area (TPSA) is 193 Å². The van der Waals surface area contributed by atoms with Crippen molar-refractivity contribution in [2.45, 2.75) is 6.92 Å². The van der Waals surface area contributed by atoms with E-state index in [9.17, 15) is 8.78 Å². The molecule has 0 unspecified atom stereocenters. The first-order valence-electron chi connectivity index (χ1n) is 9.34. The summed E-state index contributed by atoms with van der Waals surface area (Å²) in [5.41, 5.74) is 2.64. The summed E-state index contributed by atoms with van der Waals surface area (Å²) in [5.74, 6) is -1.08. The summed E-state index contributed by atoms with van der Waals surface area (Å²) in [6.07, 6.45) is 5.26. The molecular formula is C23H18ClF2MnN4O7-. The van der Waals surface area contributed by atoms with Gasteiger partial charge in [-0.15, -0.1) is 10.2 Å². The van der Waals surface area contributed by atoms with Gasteiger partial charge in [0.1, 0.15) is 17.3 Å². The number of hydrogen-bond acceptors (Lipinski definition) is 8. The Morgan fingerprint density at radius 2 is 1.18 bits per heavy atom. The van der Waals surface area contributed by atoms with E-state index < -0.39 is 21.9 Å². The Morgan fingerprint density at radius 3 is 1.47 bits per heavy atom. The van der Waals surface area contributed by atoms with Crippen LogP contribution in [0.2, 0.25) is 0 Å². The van der Waals surface area contributed by atoms with Crippen molar-refractivity contribution in [1.29, 1.82) is 0 Å². The Labute approximate surface area is 229 Å². The molecule has 4 rings (SSSR count). The molecule has 15 heteroatoms. The van der Waals surface area contributed by atoms with E-state index in [0.29, 0.717) is 6.67 Å². The van der Waals surface area contributed by atoms with Gasteiger partial charge < -0.3 is 10.2 Å². The average molecular weight is 591 g/mol. The molecule has 0 atom stereocenters. The first-order valence-corrected chi connectivity index (χ1v) is 10.6. The Balaban J connectivity index is -0.000000465. The van der Waals surface area contributed by atoms with Crippen molar-refractivity contribution in [1.82, 2.24) is 15.3 Å². The van der Waals surface area contributed by atoms with Crippen LogP contribution in [0.4, 0.5) is 14.5 Å². The number of pyridine rings is 2. The summed E-state index contributed by atoms with van der Waals surface area (Å²) in [6.45, 7) is 15.7. The second-order valence-electron chi connectivity index (χ2n) is 5.95. The molecule has 201 valence electrons. The van der Waals surface area contributed by atoms with Crippen LogP contribution in [-0.4, -0.2) is 16.6 Å². The van der Waals surface area contributed by atoms with Crippen molar-refractivity contribution in [3.05, 3.63) is 110 Å². The average Bonchev–Trinajstić information content (AvgIpc) is 3.33. The van der Waals surface area contributed by atoms with Crippen LogP contribution < -0.4 is 28.9 Å². The quantitative estimate of drug-likeness (QED) is 0.234. The SMILES string of the molecule is CC1=CNCN1c1c(F)cccc1F.[C-]#[O+].[C-]#[O+].[C-]#[O+].[Mn].[O-][Cl+3]([O-])([O-])[O-].c1ccc(-c2ccccn2)nc1. The van der Waals surface area contributed by atoms with Gasteiger partial charge in [-0.2, -0.15) is 0 Å². The van der Waals surface area contributed by atoms with Gasteiger partial charge in [-0.1, -0.05) is 18.2 Å². The number of aromatic nitrogens is 2. The third-order valence-corrected chi connectivity index (χ3v) is 3.79. The van der Waals surface area contributed by atoms with E-state index in [1.807, 2.05) is 36.4 Å². The standard InChI is InChI=1S/C10H10F2N2.C10H8N2.3CO.ClHO4.Mn/c1-7-5-13-6-14(7)10-8(11)3-2-4-9(10)12;1-3-7-11-9(5-1)10-6-2-4-8-12-10;3*1-2;2-1(3,4)5;/h2-5,13H,6H2,1H3;1-8H;;;;(H,2,3,4,5);/p-1. The fraction of sp³-hybridized carbons (Fsp3) is 0.0870. The van der Waals surface area contributed by atoms with Gasteiger partial charge in [-0.25, -0.2) is 27.4 Å². The van der Waals surface area contributed by atoms with Crippen molar-refractivity contribution < 1.29 is 68.7 Å².